The molecule has 0 atom stereocenters. The lowest BCUT2D eigenvalue weighted by Gasteiger charge is -2.46. The number of hydrogen-bond acceptors (Lipinski definition) is 0. The zero-order valence-electron chi connectivity index (χ0n) is 35.0. The fraction of sp³-hybridized carbons (Fsp3) is 0.222. The zero-order valence-corrected chi connectivity index (χ0v) is 35.0. The normalized spacial score (nSPS) is 13.5. The average molecular weight is 1070 g/mol. The van der Waals surface area contributed by atoms with Gasteiger partial charge >= 0.3 is 49.4 Å². The van der Waals surface area contributed by atoms with E-state index in [1.165, 1.54) is 5.56 Å². The Balaban J connectivity index is 0.000000542. The van der Waals surface area contributed by atoms with E-state index in [-0.39, 0.29) is 0 Å². The zero-order chi connectivity index (χ0) is 54.4. The van der Waals surface area contributed by atoms with E-state index in [0.717, 1.165) is 6.54 Å². The number of aromatic nitrogens is 1. The number of pyridine rings is 1. The molecular weight excluding hydrogens is 1040 g/mol. The molecule has 1 heterocycles. The van der Waals surface area contributed by atoms with E-state index in [9.17, 15) is 110 Å². The summed E-state index contributed by atoms with van der Waals surface area (Å²) in [6, 6.07) is 6.83. The summed E-state index contributed by atoms with van der Waals surface area (Å²) in [5.41, 5.74) is -28.3. The quantitative estimate of drug-likeness (QED) is 0.0852. The number of rotatable bonds is 7. The van der Waals surface area contributed by atoms with Crippen LogP contribution in [0.4, 0.5) is 110 Å². The first-order valence-corrected chi connectivity index (χ1v) is 19.6. The molecule has 1 aromatic heterocycles. The van der Waals surface area contributed by atoms with E-state index < -0.39 is 201 Å². The Kier molecular flexibility index (Phi) is 15.3. The van der Waals surface area contributed by atoms with Crippen LogP contribution in [-0.2, 0) is 62.6 Å². The van der Waals surface area contributed by atoms with Gasteiger partial charge in [-0.1, -0.05) is 84.9 Å². The van der Waals surface area contributed by atoms with Gasteiger partial charge in [0, 0.05) is 17.7 Å². The summed E-state index contributed by atoms with van der Waals surface area (Å²) in [5.74, 6) is 0. The minimum atomic E-state index is -6.13. The van der Waals surface area contributed by atoms with Crippen molar-refractivity contribution in [3.63, 3.8) is 0 Å². The highest BCUT2D eigenvalue weighted by Gasteiger charge is 2.47. The first kappa shape index (κ1) is 56.5. The van der Waals surface area contributed by atoms with Gasteiger partial charge in [-0.3, -0.25) is 0 Å². The van der Waals surface area contributed by atoms with E-state index in [4.69, 9.17) is 0 Å². The van der Waals surface area contributed by atoms with Gasteiger partial charge in [0.25, 0.3) is 0 Å². The molecule has 0 fully saturated rings. The Morgan fingerprint density at radius 2 is 0.542 bits per heavy atom. The Hall–Kier alpha value is -6.44. The molecule has 0 saturated carbocycles. The van der Waals surface area contributed by atoms with Gasteiger partial charge in [-0.2, -0.15) is 132 Å². The summed E-state index contributed by atoms with van der Waals surface area (Å²) in [6.07, 6.45) is -52.9. The van der Waals surface area contributed by atoms with E-state index in [0.29, 0.717) is 5.69 Å². The largest absolute Gasteiger partial charge is 0.416 e. The fourth-order valence-corrected chi connectivity index (χ4v) is 7.64. The van der Waals surface area contributed by atoms with Crippen LogP contribution in [0.5, 0.6) is 0 Å². The molecule has 27 heteroatoms. The topological polar surface area (TPSA) is 3.88 Å². The molecule has 0 saturated heterocycles. The second-order valence-electron chi connectivity index (χ2n) is 15.7. The number of nitrogens with zero attached hydrogens (tertiary/aromatic N) is 1. The highest BCUT2D eigenvalue weighted by Crippen LogP contribution is 2.41. The highest BCUT2D eigenvalue weighted by atomic mass is 19.4. The molecule has 0 spiro atoms. The second-order valence-corrected chi connectivity index (χ2v) is 15.7. The number of alkyl halides is 25. The molecule has 0 aliphatic heterocycles. The van der Waals surface area contributed by atoms with Crippen molar-refractivity contribution < 1.29 is 114 Å². The minimum absolute atomic E-state index is 0.423. The lowest BCUT2D eigenvalue weighted by atomic mass is 9.12. The Morgan fingerprint density at radius 1 is 0.306 bits per heavy atom. The maximum atomic E-state index is 14.2. The van der Waals surface area contributed by atoms with E-state index in [1.54, 1.807) is 0 Å². The van der Waals surface area contributed by atoms with Crippen LogP contribution in [0.15, 0.2) is 128 Å². The fourth-order valence-electron chi connectivity index (χ4n) is 7.64. The van der Waals surface area contributed by atoms with E-state index in [2.05, 4.69) is 0 Å². The molecule has 0 unspecified atom stereocenters. The molecule has 0 aliphatic rings. The summed E-state index contributed by atoms with van der Waals surface area (Å²) in [4.78, 5) is 0. The van der Waals surface area contributed by atoms with E-state index in [1.807, 2.05) is 59.3 Å². The molecule has 0 N–H and O–H groups in total. The monoisotopic (exact) mass is 1070 g/mol. The van der Waals surface area contributed by atoms with Gasteiger partial charge in [0.05, 0.1) is 44.5 Å². The van der Waals surface area contributed by atoms with E-state index >= 15 is 0 Å². The van der Waals surface area contributed by atoms with Crippen LogP contribution >= 0.6 is 0 Å². The van der Waals surface area contributed by atoms with Crippen molar-refractivity contribution in [1.29, 1.82) is 0 Å². The van der Waals surface area contributed by atoms with Gasteiger partial charge in [0.1, 0.15) is 6.15 Å². The summed E-state index contributed by atoms with van der Waals surface area (Å²) in [7, 11) is 0. The highest BCUT2D eigenvalue weighted by molar-refractivity contribution is 7.20. The van der Waals surface area contributed by atoms with Crippen molar-refractivity contribution in [3.8, 4) is 0 Å². The van der Waals surface area contributed by atoms with Crippen LogP contribution in [0.2, 0.25) is 0 Å². The molecule has 6 rings (SSSR count). The van der Waals surface area contributed by atoms with Crippen molar-refractivity contribution in [2.24, 2.45) is 0 Å². The summed E-state index contributed by atoms with van der Waals surface area (Å²) < 4.78 is 355. The molecule has 72 heavy (non-hydrogen) atoms. The van der Waals surface area contributed by atoms with Gasteiger partial charge < -0.3 is 0 Å². The Bertz CT molecular complexity index is 2430. The molecule has 0 aliphatic carbocycles. The van der Waals surface area contributed by atoms with Gasteiger partial charge in [-0.05, 0) is 24.3 Å². The van der Waals surface area contributed by atoms with Crippen LogP contribution in [0.1, 0.15) is 55.8 Å². The van der Waals surface area contributed by atoms with Gasteiger partial charge in [-0.25, -0.2) is 4.39 Å². The standard InChI is InChI=1S/C32H12BF24.C13H13FN/c34-25(35,36)13-1-14(26(37,38)39)6-21(5-13)33(22-7-15(27(40,41)42)2-16(8-22)28(43,44)45,23-9-17(29(46,47)48)3-18(10-23)30(49,50)51)24-11-19(31(52,53)54)4-20(12-24)32(55,56)57;14-10-13-8-4-5-9-15(13)11-12-6-2-1-3-7-12/h1-12H;1-9H,10-11H2/q-1;+1. The predicted octanol–water partition coefficient (Wildman–Crippen LogP) is 13.7. The third kappa shape index (κ3) is 13.0. The van der Waals surface area contributed by atoms with Crippen LogP contribution in [-0.4, -0.2) is 6.15 Å². The van der Waals surface area contributed by atoms with Crippen LogP contribution < -0.4 is 26.4 Å². The first-order chi connectivity index (χ1) is 32.7. The number of halogens is 25. The maximum Gasteiger partial charge on any atom is 0.416 e. The van der Waals surface area contributed by atoms with Crippen molar-refractivity contribution in [3.05, 3.63) is 183 Å². The maximum absolute atomic E-state index is 14.2. The van der Waals surface area contributed by atoms with Gasteiger partial charge in [0.15, 0.2) is 19.4 Å². The third-order valence-electron chi connectivity index (χ3n) is 10.8. The summed E-state index contributed by atoms with van der Waals surface area (Å²) in [6.45, 7) is 0.300. The van der Waals surface area contributed by atoms with Crippen molar-refractivity contribution >= 4 is 28.0 Å². The lowest BCUT2D eigenvalue weighted by Crippen LogP contribution is -2.75. The van der Waals surface area contributed by atoms with Crippen LogP contribution in [0.3, 0.4) is 0 Å². The first-order valence-electron chi connectivity index (χ1n) is 19.6. The van der Waals surface area contributed by atoms with Gasteiger partial charge in [0.2, 0.25) is 5.69 Å². The molecule has 388 valence electrons. The van der Waals surface area contributed by atoms with Crippen molar-refractivity contribution in [2.75, 3.05) is 0 Å². The molecule has 0 bridgehead atoms. The summed E-state index contributed by atoms with van der Waals surface area (Å²) >= 11 is 0. The SMILES string of the molecule is FC(F)(F)c1cc([B-](c2cc(C(F)(F)F)cc(C(F)(F)F)c2)(c2cc(C(F)(F)F)cc(C(F)(F)F)c2)c2cc(C(F)(F)F)cc(C(F)(F)F)c2)cc(C(F)(F)F)c1.FCc1cccc[n+]1Cc1ccccc1. The Labute approximate surface area is 388 Å². The number of hydrogen-bond donors (Lipinski definition) is 0. The van der Waals surface area contributed by atoms with Crippen molar-refractivity contribution in [1.82, 2.24) is 0 Å². The molecule has 0 radical (unpaired) electrons. The van der Waals surface area contributed by atoms with Gasteiger partial charge in [-0.15, -0.1) is 0 Å². The number of benzene rings is 5. The summed E-state index contributed by atoms with van der Waals surface area (Å²) in [5, 5.41) is 0. The third-order valence-corrected chi connectivity index (χ3v) is 10.8. The Morgan fingerprint density at radius 3 is 0.764 bits per heavy atom. The van der Waals surface area contributed by atoms with Crippen molar-refractivity contribution in [2.45, 2.75) is 62.6 Å². The molecule has 0 amide bonds. The van der Waals surface area contributed by atoms with Crippen LogP contribution in [0, 0.1) is 0 Å². The molecule has 5 aromatic carbocycles. The minimum Gasteiger partial charge on any atom is -0.239 e. The molecular formula is C45H25BF25N. The molecule has 6 aromatic rings. The predicted molar refractivity (Wildman–Crippen MR) is 207 cm³/mol. The smallest absolute Gasteiger partial charge is 0.239 e. The lowest BCUT2D eigenvalue weighted by molar-refractivity contribution is -0.696. The molecule has 1 nitrogen and oxygen atoms in total. The second kappa shape index (κ2) is 19.5. The average Bonchev–Trinajstić information content (AvgIpc) is 3.25. The van der Waals surface area contributed by atoms with Crippen LogP contribution in [0.25, 0.3) is 0 Å².